The van der Waals surface area contributed by atoms with Crippen LogP contribution in [-0.4, -0.2) is 55.9 Å². The average molecular weight is 411 g/mol. The number of hydrogen-bond acceptors (Lipinski definition) is 7. The highest BCUT2D eigenvalue weighted by Gasteiger charge is 2.25. The number of carbonyl (C=O) groups is 1. The number of nitrogens with zero attached hydrogens (tertiary/aromatic N) is 5. The van der Waals surface area contributed by atoms with Gasteiger partial charge in [-0.2, -0.15) is 9.97 Å². The Morgan fingerprint density at radius 3 is 2.77 bits per heavy atom. The van der Waals surface area contributed by atoms with E-state index in [4.69, 9.17) is 10.8 Å². The van der Waals surface area contributed by atoms with Crippen molar-refractivity contribution in [3.63, 3.8) is 0 Å². The fraction of sp³-hybridized carbons (Fsp3) is 0.400. The highest BCUT2D eigenvalue weighted by molar-refractivity contribution is 5.77. The van der Waals surface area contributed by atoms with Crippen molar-refractivity contribution in [2.45, 2.75) is 25.4 Å². The van der Waals surface area contributed by atoms with Crippen LogP contribution in [0.4, 0.5) is 11.9 Å². The van der Waals surface area contributed by atoms with Crippen LogP contribution in [0.2, 0.25) is 0 Å². The van der Waals surface area contributed by atoms with Gasteiger partial charge in [-0.05, 0) is 18.4 Å². The molecule has 0 bridgehead atoms. The molecule has 1 fully saturated rings. The highest BCUT2D eigenvalue weighted by Crippen LogP contribution is 2.24. The standard InChI is InChI=1S/C20H25N7O3/c1-25-18(30)16-17(23-19(25)22-10-15(28)29)24-20(26-9-5-8-14(21)12-26)27(16)11-13-6-3-2-4-7-13/h2-4,6-7,14H,5,8-12,21H2,1H3,(H,22,23)(H,28,29). The molecule has 1 aliphatic heterocycles. The minimum atomic E-state index is -1.04. The number of carboxylic acids is 1. The number of fused-ring (bicyclic) bond motifs is 1. The number of hydrogen-bond donors (Lipinski definition) is 3. The van der Waals surface area contributed by atoms with E-state index in [0.29, 0.717) is 24.6 Å². The van der Waals surface area contributed by atoms with E-state index < -0.39 is 5.97 Å². The summed E-state index contributed by atoms with van der Waals surface area (Å²) in [5.41, 5.74) is 7.60. The first kappa shape index (κ1) is 19.9. The largest absolute Gasteiger partial charge is 0.480 e. The first-order valence-electron chi connectivity index (χ1n) is 9.91. The third-order valence-corrected chi connectivity index (χ3v) is 5.29. The number of rotatable bonds is 6. The van der Waals surface area contributed by atoms with Crippen molar-refractivity contribution >= 4 is 29.0 Å². The van der Waals surface area contributed by atoms with E-state index in [2.05, 4.69) is 20.2 Å². The van der Waals surface area contributed by atoms with Crippen LogP contribution < -0.4 is 21.5 Å². The van der Waals surface area contributed by atoms with E-state index in [1.807, 2.05) is 34.9 Å². The Balaban J connectivity index is 1.85. The smallest absolute Gasteiger partial charge is 0.322 e. The number of aliphatic carboxylic acids is 1. The van der Waals surface area contributed by atoms with Crippen LogP contribution in [0.15, 0.2) is 35.1 Å². The van der Waals surface area contributed by atoms with Gasteiger partial charge in [-0.25, -0.2) is 0 Å². The number of imidazole rings is 1. The van der Waals surface area contributed by atoms with Crippen LogP contribution in [0.5, 0.6) is 0 Å². The molecule has 10 nitrogen and oxygen atoms in total. The minimum absolute atomic E-state index is 0.0484. The van der Waals surface area contributed by atoms with Gasteiger partial charge in [0.2, 0.25) is 11.9 Å². The van der Waals surface area contributed by atoms with Gasteiger partial charge in [-0.15, -0.1) is 0 Å². The Morgan fingerprint density at radius 2 is 2.07 bits per heavy atom. The molecule has 1 unspecified atom stereocenters. The summed E-state index contributed by atoms with van der Waals surface area (Å²) < 4.78 is 3.21. The summed E-state index contributed by atoms with van der Waals surface area (Å²) in [5, 5.41) is 11.6. The zero-order valence-corrected chi connectivity index (χ0v) is 16.8. The zero-order chi connectivity index (χ0) is 21.3. The molecule has 0 spiro atoms. The third-order valence-electron chi connectivity index (χ3n) is 5.29. The van der Waals surface area contributed by atoms with E-state index in [1.165, 1.54) is 4.57 Å². The van der Waals surface area contributed by atoms with Crippen molar-refractivity contribution in [2.75, 3.05) is 29.9 Å². The van der Waals surface area contributed by atoms with E-state index in [0.717, 1.165) is 24.9 Å². The number of carboxylic acid groups (broad SMARTS) is 1. The van der Waals surface area contributed by atoms with Gasteiger partial charge >= 0.3 is 5.97 Å². The molecule has 30 heavy (non-hydrogen) atoms. The van der Waals surface area contributed by atoms with Gasteiger partial charge in [0.1, 0.15) is 6.54 Å². The molecule has 2 aromatic heterocycles. The maximum Gasteiger partial charge on any atom is 0.322 e. The first-order chi connectivity index (χ1) is 14.4. The predicted molar refractivity (Wildman–Crippen MR) is 114 cm³/mol. The fourth-order valence-electron chi connectivity index (χ4n) is 3.81. The molecule has 10 heteroatoms. The Labute approximate surface area is 173 Å². The number of aromatic nitrogens is 4. The van der Waals surface area contributed by atoms with Crippen molar-refractivity contribution in [3.05, 3.63) is 46.2 Å². The van der Waals surface area contributed by atoms with Gasteiger partial charge in [0, 0.05) is 26.2 Å². The molecule has 0 amide bonds. The van der Waals surface area contributed by atoms with Gasteiger partial charge in [-0.1, -0.05) is 30.3 Å². The summed E-state index contributed by atoms with van der Waals surface area (Å²) in [5.74, 6) is -0.216. The quantitative estimate of drug-likeness (QED) is 0.537. The van der Waals surface area contributed by atoms with Crippen molar-refractivity contribution in [1.82, 2.24) is 19.1 Å². The lowest BCUT2D eigenvalue weighted by molar-refractivity contribution is -0.134. The summed E-state index contributed by atoms with van der Waals surface area (Å²) in [6, 6.07) is 9.90. The Hall–Kier alpha value is -3.40. The molecule has 1 aliphatic rings. The zero-order valence-electron chi connectivity index (χ0n) is 16.8. The van der Waals surface area contributed by atoms with Crippen LogP contribution in [0.25, 0.3) is 11.2 Å². The second-order valence-corrected chi connectivity index (χ2v) is 7.55. The summed E-state index contributed by atoms with van der Waals surface area (Å²) in [6.45, 7) is 1.58. The molecule has 4 rings (SSSR count). The summed E-state index contributed by atoms with van der Waals surface area (Å²) >= 11 is 0. The lowest BCUT2D eigenvalue weighted by Crippen LogP contribution is -2.44. The third kappa shape index (κ3) is 3.86. The average Bonchev–Trinajstić information content (AvgIpc) is 3.08. The summed E-state index contributed by atoms with van der Waals surface area (Å²) in [6.07, 6.45) is 1.91. The Morgan fingerprint density at radius 1 is 1.30 bits per heavy atom. The van der Waals surface area contributed by atoms with Gasteiger partial charge < -0.3 is 21.1 Å². The Bertz CT molecular complexity index is 1120. The first-order valence-corrected chi connectivity index (χ1v) is 9.91. The lowest BCUT2D eigenvalue weighted by Gasteiger charge is -2.31. The van der Waals surface area contributed by atoms with Gasteiger partial charge in [0.15, 0.2) is 11.2 Å². The Kier molecular flexibility index (Phi) is 5.40. The van der Waals surface area contributed by atoms with Crippen molar-refractivity contribution < 1.29 is 9.90 Å². The summed E-state index contributed by atoms with van der Waals surface area (Å²) in [7, 11) is 1.56. The van der Waals surface area contributed by atoms with Gasteiger partial charge in [0.05, 0.1) is 6.54 Å². The van der Waals surface area contributed by atoms with Crippen LogP contribution >= 0.6 is 0 Å². The topological polar surface area (TPSA) is 131 Å². The minimum Gasteiger partial charge on any atom is -0.480 e. The van der Waals surface area contributed by atoms with Crippen molar-refractivity contribution in [3.8, 4) is 0 Å². The molecule has 1 aromatic carbocycles. The molecule has 0 radical (unpaired) electrons. The second-order valence-electron chi connectivity index (χ2n) is 7.55. The second kappa shape index (κ2) is 8.15. The number of nitrogens with one attached hydrogen (secondary N) is 1. The fourth-order valence-corrected chi connectivity index (χ4v) is 3.81. The number of piperidine rings is 1. The van der Waals surface area contributed by atoms with E-state index in [1.54, 1.807) is 7.05 Å². The molecule has 1 atom stereocenters. The van der Waals surface area contributed by atoms with Crippen molar-refractivity contribution in [1.29, 1.82) is 0 Å². The molecule has 4 N–H and O–H groups in total. The van der Waals surface area contributed by atoms with Crippen LogP contribution in [0.1, 0.15) is 18.4 Å². The normalized spacial score (nSPS) is 16.7. The van der Waals surface area contributed by atoms with E-state index in [9.17, 15) is 9.59 Å². The number of nitrogens with two attached hydrogens (primary N) is 1. The maximum atomic E-state index is 13.2. The van der Waals surface area contributed by atoms with Crippen LogP contribution in [0.3, 0.4) is 0 Å². The predicted octanol–water partition coefficient (Wildman–Crippen LogP) is 0.602. The SMILES string of the molecule is Cn1c(NCC(=O)O)nc2nc(N3CCCC(N)C3)n(Cc3ccccc3)c2c1=O. The monoisotopic (exact) mass is 411 g/mol. The molecular weight excluding hydrogens is 386 g/mol. The molecule has 0 saturated carbocycles. The maximum absolute atomic E-state index is 13.2. The highest BCUT2D eigenvalue weighted by atomic mass is 16.4. The molecule has 1 saturated heterocycles. The lowest BCUT2D eigenvalue weighted by atomic mass is 10.1. The molecule has 3 aromatic rings. The van der Waals surface area contributed by atoms with E-state index in [-0.39, 0.29) is 29.7 Å². The number of benzene rings is 1. The molecule has 158 valence electrons. The van der Waals surface area contributed by atoms with Gasteiger partial charge in [0.25, 0.3) is 5.56 Å². The van der Waals surface area contributed by atoms with Crippen molar-refractivity contribution in [2.24, 2.45) is 12.8 Å². The van der Waals surface area contributed by atoms with Crippen LogP contribution in [-0.2, 0) is 18.4 Å². The number of anilines is 2. The summed E-state index contributed by atoms with van der Waals surface area (Å²) in [4.78, 5) is 35.3. The molecule has 3 heterocycles. The van der Waals surface area contributed by atoms with Gasteiger partial charge in [-0.3, -0.25) is 18.7 Å². The van der Waals surface area contributed by atoms with E-state index >= 15 is 0 Å². The van der Waals surface area contributed by atoms with Crippen LogP contribution in [0, 0.1) is 0 Å². The molecule has 0 aliphatic carbocycles. The molecular formula is C20H25N7O3.